The number of aryl methyl sites for hydroxylation is 1. The molecule has 250 valence electrons. The molecule has 0 N–H and O–H groups in total. The Labute approximate surface area is 299 Å². The van der Waals surface area contributed by atoms with Gasteiger partial charge in [-0.1, -0.05) is 186 Å². The van der Waals surface area contributed by atoms with E-state index in [1.807, 2.05) is 12.4 Å². The lowest BCUT2D eigenvalue weighted by atomic mass is 9.85. The van der Waals surface area contributed by atoms with Gasteiger partial charge in [-0.25, -0.2) is 0 Å². The average molecular weight is 652 g/mol. The Morgan fingerprint density at radius 1 is 0.340 bits per heavy atom. The van der Waals surface area contributed by atoms with Crippen molar-refractivity contribution in [1.29, 1.82) is 0 Å². The first-order valence-electron chi connectivity index (χ1n) is 18.9. The highest BCUT2D eigenvalue weighted by atomic mass is 14.6. The SMILES string of the molecule is CCCCCCCCCCCCc1ccc(-c2ccc(-c3c4ccccc4c(-c4ccc(-c5ccncc5)cc4)c4ccccc34)cc2)cc1. The van der Waals surface area contributed by atoms with Crippen LogP contribution >= 0.6 is 0 Å². The molecule has 0 amide bonds. The lowest BCUT2D eigenvalue weighted by Crippen LogP contribution is -1.91. The van der Waals surface area contributed by atoms with Gasteiger partial charge in [0.2, 0.25) is 0 Å². The summed E-state index contributed by atoms with van der Waals surface area (Å²) in [5.74, 6) is 0. The molecule has 1 nitrogen and oxygen atoms in total. The van der Waals surface area contributed by atoms with Crippen molar-refractivity contribution in [2.24, 2.45) is 0 Å². The molecule has 0 aliphatic carbocycles. The molecule has 0 radical (unpaired) electrons. The highest BCUT2D eigenvalue weighted by Gasteiger charge is 2.16. The Morgan fingerprint density at radius 3 is 1.10 bits per heavy atom. The summed E-state index contributed by atoms with van der Waals surface area (Å²) < 4.78 is 0. The zero-order chi connectivity index (χ0) is 34.0. The quantitative estimate of drug-likeness (QED) is 0.0794. The molecule has 0 saturated carbocycles. The highest BCUT2D eigenvalue weighted by Crippen LogP contribution is 2.44. The highest BCUT2D eigenvalue weighted by molar-refractivity contribution is 6.21. The van der Waals surface area contributed by atoms with E-state index in [0.29, 0.717) is 0 Å². The first-order valence-corrected chi connectivity index (χ1v) is 18.9. The van der Waals surface area contributed by atoms with Gasteiger partial charge in [0.1, 0.15) is 0 Å². The average Bonchev–Trinajstić information content (AvgIpc) is 3.18. The van der Waals surface area contributed by atoms with Crippen molar-refractivity contribution in [3.63, 3.8) is 0 Å². The summed E-state index contributed by atoms with van der Waals surface area (Å²) in [5, 5.41) is 5.12. The second-order valence-corrected chi connectivity index (χ2v) is 13.9. The standard InChI is InChI=1S/C49H49N/c1-2-3-4-5-6-7-8-9-10-11-16-37-21-23-38(24-22-37)39-25-29-42(30-26-39)48-44-17-12-14-19-46(44)49(47-20-15-13-18-45(47)48)43-31-27-40(28-32-43)41-33-35-50-36-34-41/h12-15,17-36H,2-11,16H2,1H3. The number of nitrogens with zero attached hydrogens (tertiary/aromatic N) is 1. The van der Waals surface area contributed by atoms with E-state index in [1.54, 1.807) is 0 Å². The van der Waals surface area contributed by atoms with Crippen molar-refractivity contribution in [3.8, 4) is 44.5 Å². The van der Waals surface area contributed by atoms with E-state index in [1.165, 1.54) is 142 Å². The second kappa shape index (κ2) is 16.6. The molecule has 50 heavy (non-hydrogen) atoms. The van der Waals surface area contributed by atoms with Crippen LogP contribution in [-0.2, 0) is 6.42 Å². The van der Waals surface area contributed by atoms with Gasteiger partial charge >= 0.3 is 0 Å². The van der Waals surface area contributed by atoms with Crippen molar-refractivity contribution in [2.75, 3.05) is 0 Å². The van der Waals surface area contributed by atoms with Crippen LogP contribution in [0.25, 0.3) is 66.1 Å². The summed E-state index contributed by atoms with van der Waals surface area (Å²) in [6, 6.07) is 49.4. The van der Waals surface area contributed by atoms with Gasteiger partial charge in [0.15, 0.2) is 0 Å². The normalized spacial score (nSPS) is 11.4. The van der Waals surface area contributed by atoms with Crippen molar-refractivity contribution < 1.29 is 0 Å². The molecule has 0 aliphatic heterocycles. The van der Waals surface area contributed by atoms with Crippen molar-refractivity contribution in [3.05, 3.63) is 151 Å². The van der Waals surface area contributed by atoms with Crippen LogP contribution in [0.5, 0.6) is 0 Å². The largest absolute Gasteiger partial charge is 0.265 e. The molecule has 0 aliphatic rings. The first kappa shape index (κ1) is 33.5. The zero-order valence-corrected chi connectivity index (χ0v) is 29.6. The maximum absolute atomic E-state index is 4.19. The van der Waals surface area contributed by atoms with E-state index in [9.17, 15) is 0 Å². The van der Waals surface area contributed by atoms with Gasteiger partial charge in [0.25, 0.3) is 0 Å². The predicted molar refractivity (Wildman–Crippen MR) is 217 cm³/mol. The van der Waals surface area contributed by atoms with Crippen LogP contribution in [0.2, 0.25) is 0 Å². The van der Waals surface area contributed by atoms with Crippen LogP contribution in [-0.4, -0.2) is 4.98 Å². The van der Waals surface area contributed by atoms with E-state index in [2.05, 4.69) is 145 Å². The third-order valence-electron chi connectivity index (χ3n) is 10.4. The minimum Gasteiger partial charge on any atom is -0.265 e. The van der Waals surface area contributed by atoms with Gasteiger partial charge in [-0.3, -0.25) is 4.98 Å². The molecular weight excluding hydrogens is 603 g/mol. The Kier molecular flexibility index (Phi) is 11.1. The van der Waals surface area contributed by atoms with E-state index < -0.39 is 0 Å². The number of aromatic nitrogens is 1. The van der Waals surface area contributed by atoms with Crippen LogP contribution in [0.1, 0.15) is 76.7 Å². The molecule has 0 unspecified atom stereocenters. The Morgan fingerprint density at radius 2 is 0.680 bits per heavy atom. The maximum atomic E-state index is 4.19. The monoisotopic (exact) mass is 651 g/mol. The van der Waals surface area contributed by atoms with Crippen molar-refractivity contribution in [2.45, 2.75) is 77.6 Å². The summed E-state index contributed by atoms with van der Waals surface area (Å²) in [7, 11) is 0. The summed E-state index contributed by atoms with van der Waals surface area (Å²) >= 11 is 0. The van der Waals surface area contributed by atoms with E-state index in [0.717, 1.165) is 0 Å². The van der Waals surface area contributed by atoms with Crippen LogP contribution in [0.4, 0.5) is 0 Å². The van der Waals surface area contributed by atoms with Gasteiger partial charge in [-0.2, -0.15) is 0 Å². The third-order valence-corrected chi connectivity index (χ3v) is 10.4. The van der Waals surface area contributed by atoms with Gasteiger partial charge in [-0.15, -0.1) is 0 Å². The fourth-order valence-electron chi connectivity index (χ4n) is 7.63. The molecule has 6 aromatic carbocycles. The van der Waals surface area contributed by atoms with Gasteiger partial charge < -0.3 is 0 Å². The van der Waals surface area contributed by atoms with E-state index >= 15 is 0 Å². The summed E-state index contributed by atoms with van der Waals surface area (Å²) in [6.45, 7) is 2.29. The number of fused-ring (bicyclic) bond motifs is 2. The number of hydrogen-bond acceptors (Lipinski definition) is 1. The van der Waals surface area contributed by atoms with Gasteiger partial charge in [-0.05, 0) is 96.6 Å². The van der Waals surface area contributed by atoms with Gasteiger partial charge in [0, 0.05) is 12.4 Å². The topological polar surface area (TPSA) is 12.9 Å². The molecule has 0 fully saturated rings. The summed E-state index contributed by atoms with van der Waals surface area (Å²) in [5.41, 5.74) is 11.4. The molecule has 0 bridgehead atoms. The van der Waals surface area contributed by atoms with E-state index in [4.69, 9.17) is 0 Å². The Hall–Kier alpha value is -5.01. The Balaban J connectivity index is 1.08. The molecule has 7 aromatic rings. The fourth-order valence-corrected chi connectivity index (χ4v) is 7.63. The van der Waals surface area contributed by atoms with Crippen LogP contribution in [0, 0.1) is 0 Å². The smallest absolute Gasteiger partial charge is 0.0273 e. The Bertz CT molecular complexity index is 2050. The molecule has 1 aromatic heterocycles. The molecule has 7 rings (SSSR count). The number of pyridine rings is 1. The minimum atomic E-state index is 1.18. The number of benzene rings is 6. The summed E-state index contributed by atoms with van der Waals surface area (Å²) in [4.78, 5) is 4.19. The molecule has 1 heterocycles. The second-order valence-electron chi connectivity index (χ2n) is 13.9. The van der Waals surface area contributed by atoms with Crippen LogP contribution in [0.3, 0.4) is 0 Å². The zero-order valence-electron chi connectivity index (χ0n) is 29.6. The van der Waals surface area contributed by atoms with Gasteiger partial charge in [0.05, 0.1) is 0 Å². The van der Waals surface area contributed by atoms with Crippen LogP contribution in [0.15, 0.2) is 146 Å². The number of rotatable bonds is 15. The number of hydrogen-bond donors (Lipinski definition) is 0. The predicted octanol–water partition coefficient (Wildman–Crippen LogP) is 14.5. The molecule has 0 saturated heterocycles. The molecular formula is C49H49N. The van der Waals surface area contributed by atoms with Crippen molar-refractivity contribution >= 4 is 21.5 Å². The molecule has 1 heteroatoms. The first-order chi connectivity index (χ1) is 24.8. The third kappa shape index (κ3) is 7.74. The lowest BCUT2D eigenvalue weighted by Gasteiger charge is -2.18. The van der Waals surface area contributed by atoms with Crippen LogP contribution < -0.4 is 0 Å². The summed E-state index contributed by atoms with van der Waals surface area (Å²) in [6.07, 6.45) is 18.7. The van der Waals surface area contributed by atoms with E-state index in [-0.39, 0.29) is 0 Å². The molecule has 0 spiro atoms. The lowest BCUT2D eigenvalue weighted by molar-refractivity contribution is 0.556. The molecule has 0 atom stereocenters. The number of unbranched alkanes of at least 4 members (excludes halogenated alkanes) is 9. The van der Waals surface area contributed by atoms with Crippen molar-refractivity contribution in [1.82, 2.24) is 4.98 Å². The maximum Gasteiger partial charge on any atom is 0.0273 e. The fraction of sp³-hybridized carbons (Fsp3) is 0.245. The minimum absolute atomic E-state index is 1.18.